The number of hydrogen-bond acceptors (Lipinski definition) is 5. The summed E-state index contributed by atoms with van der Waals surface area (Å²) in [6.07, 6.45) is 4.95. The molecule has 5 rings (SSSR count). The number of likely N-dealkylation sites (tertiary alicyclic amines) is 1. The van der Waals surface area contributed by atoms with Crippen LogP contribution in [0.25, 0.3) is 5.65 Å². The topological polar surface area (TPSA) is 39.9 Å². The summed E-state index contributed by atoms with van der Waals surface area (Å²) in [7, 11) is 2.14. The number of halogens is 2. The van der Waals surface area contributed by atoms with E-state index in [1.165, 1.54) is 0 Å². The molecule has 0 aromatic carbocycles. The van der Waals surface area contributed by atoms with Gasteiger partial charge < -0.3 is 4.90 Å². The number of rotatable bonds is 4. The minimum atomic E-state index is 0.125. The van der Waals surface area contributed by atoms with Gasteiger partial charge in [-0.3, -0.25) is 19.2 Å². The number of hydrogen-bond donors (Lipinski definition) is 0. The van der Waals surface area contributed by atoms with E-state index >= 15 is 0 Å². The highest BCUT2D eigenvalue weighted by Gasteiger charge is 2.35. The van der Waals surface area contributed by atoms with Crippen LogP contribution in [0.15, 0.2) is 36.5 Å². The minimum absolute atomic E-state index is 0.125. The van der Waals surface area contributed by atoms with Gasteiger partial charge in [0, 0.05) is 38.4 Å². The van der Waals surface area contributed by atoms with Crippen molar-refractivity contribution in [2.75, 3.05) is 38.1 Å². The van der Waals surface area contributed by atoms with Gasteiger partial charge in [0.15, 0.2) is 0 Å². The van der Waals surface area contributed by atoms with Crippen LogP contribution >= 0.6 is 23.2 Å². The van der Waals surface area contributed by atoms with Crippen LogP contribution < -0.4 is 4.90 Å². The molecule has 33 heavy (non-hydrogen) atoms. The Balaban J connectivity index is 1.47. The predicted molar refractivity (Wildman–Crippen MR) is 135 cm³/mol. The van der Waals surface area contributed by atoms with Crippen molar-refractivity contribution in [3.8, 4) is 0 Å². The van der Waals surface area contributed by atoms with Gasteiger partial charge in [0.1, 0.15) is 16.6 Å². The molecule has 5 heterocycles. The monoisotopic (exact) mass is 486 g/mol. The summed E-state index contributed by atoms with van der Waals surface area (Å²) < 4.78 is 2.13. The van der Waals surface area contributed by atoms with Crippen LogP contribution in [0.2, 0.25) is 10.2 Å². The Morgan fingerprint density at radius 1 is 0.939 bits per heavy atom. The third kappa shape index (κ3) is 4.23. The lowest BCUT2D eigenvalue weighted by atomic mass is 9.92. The summed E-state index contributed by atoms with van der Waals surface area (Å²) >= 11 is 13.6. The van der Waals surface area contributed by atoms with E-state index in [0.717, 1.165) is 78.5 Å². The number of aromatic nitrogens is 3. The van der Waals surface area contributed by atoms with Crippen molar-refractivity contribution in [1.82, 2.24) is 24.2 Å². The largest absolute Gasteiger partial charge is 0.355 e. The van der Waals surface area contributed by atoms with E-state index in [9.17, 15) is 0 Å². The number of nitrogens with zero attached hydrogens (tertiary/aromatic N) is 6. The maximum Gasteiger partial charge on any atom is 0.139 e. The molecule has 176 valence electrons. The van der Waals surface area contributed by atoms with Crippen LogP contribution in [-0.2, 0) is 0 Å². The fourth-order valence-corrected chi connectivity index (χ4v) is 6.01. The van der Waals surface area contributed by atoms with Crippen LogP contribution in [0, 0.1) is 0 Å². The molecule has 3 aromatic rings. The fourth-order valence-electron chi connectivity index (χ4n) is 5.42. The first kappa shape index (κ1) is 22.9. The second kappa shape index (κ2) is 9.41. The van der Waals surface area contributed by atoms with Gasteiger partial charge in [0.25, 0.3) is 0 Å². The smallest absolute Gasteiger partial charge is 0.139 e. The van der Waals surface area contributed by atoms with Crippen molar-refractivity contribution < 1.29 is 0 Å². The Bertz CT molecular complexity index is 1120. The third-order valence-electron chi connectivity index (χ3n) is 7.32. The van der Waals surface area contributed by atoms with E-state index in [2.05, 4.69) is 63.2 Å². The molecule has 0 amide bonds. The molecule has 0 N–H and O–H groups in total. The summed E-state index contributed by atoms with van der Waals surface area (Å²) in [6.45, 7) is 8.63. The van der Waals surface area contributed by atoms with Gasteiger partial charge in [0.05, 0.1) is 28.5 Å². The van der Waals surface area contributed by atoms with Gasteiger partial charge in [-0.15, -0.1) is 0 Å². The molecule has 8 heteroatoms. The average molecular weight is 487 g/mol. The molecule has 6 nitrogen and oxygen atoms in total. The molecule has 1 unspecified atom stereocenters. The van der Waals surface area contributed by atoms with E-state index in [4.69, 9.17) is 28.2 Å². The number of piperidine rings is 1. The van der Waals surface area contributed by atoms with Crippen LogP contribution in [0.3, 0.4) is 0 Å². The van der Waals surface area contributed by atoms with Gasteiger partial charge >= 0.3 is 0 Å². The zero-order valence-electron chi connectivity index (χ0n) is 19.6. The first-order chi connectivity index (χ1) is 16.0. The minimum Gasteiger partial charge on any atom is -0.355 e. The summed E-state index contributed by atoms with van der Waals surface area (Å²) in [5.74, 6) is 1.13. The van der Waals surface area contributed by atoms with Gasteiger partial charge in [-0.2, -0.15) is 0 Å². The molecule has 2 saturated heterocycles. The van der Waals surface area contributed by atoms with Crippen LogP contribution in [-0.4, -0.2) is 63.4 Å². The highest BCUT2D eigenvalue weighted by molar-refractivity contribution is 6.31. The molecule has 3 aromatic heterocycles. The number of imidazole rings is 1. The normalized spacial score (nSPS) is 23.0. The first-order valence-corrected chi connectivity index (χ1v) is 12.7. The molecule has 2 aliphatic rings. The summed E-state index contributed by atoms with van der Waals surface area (Å²) in [5.41, 5.74) is 2.80. The number of anilines is 1. The van der Waals surface area contributed by atoms with Crippen LogP contribution in [0.4, 0.5) is 5.82 Å². The lowest BCUT2D eigenvalue weighted by Gasteiger charge is -2.39. The van der Waals surface area contributed by atoms with E-state index in [1.807, 2.05) is 18.3 Å². The van der Waals surface area contributed by atoms with Crippen LogP contribution in [0.5, 0.6) is 0 Å². The molecule has 2 fully saturated rings. The van der Waals surface area contributed by atoms with Crippen molar-refractivity contribution in [3.63, 3.8) is 0 Å². The predicted octanol–water partition coefficient (Wildman–Crippen LogP) is 5.46. The van der Waals surface area contributed by atoms with Crippen molar-refractivity contribution in [3.05, 3.63) is 58.1 Å². The van der Waals surface area contributed by atoms with Gasteiger partial charge in [-0.1, -0.05) is 29.3 Å². The lowest BCUT2D eigenvalue weighted by molar-refractivity contribution is 0.110. The van der Waals surface area contributed by atoms with Crippen molar-refractivity contribution in [1.29, 1.82) is 0 Å². The molecule has 0 radical (unpaired) electrons. The molecular formula is C25H32Cl2N6. The van der Waals surface area contributed by atoms with Crippen molar-refractivity contribution in [2.24, 2.45) is 0 Å². The molecular weight excluding hydrogens is 455 g/mol. The standard InChI is InChI=1S/C25H32Cl2N6/c1-17(2)31-13-15-32(16-14-31)22-11-5-10-21-29-24(25(27)33(21)22)20-9-4-8-19(30(20)3)23-18(26)7-6-12-28-23/h5-7,10-12,17,19-20H,4,8-9,13-16H2,1-3H3/t19-,20?/m0/s1. The van der Waals surface area contributed by atoms with E-state index < -0.39 is 0 Å². The quantitative estimate of drug-likeness (QED) is 0.489. The Morgan fingerprint density at radius 2 is 1.67 bits per heavy atom. The Hall–Kier alpha value is -1.86. The zero-order chi connectivity index (χ0) is 23.1. The van der Waals surface area contributed by atoms with Crippen molar-refractivity contribution >= 4 is 34.7 Å². The van der Waals surface area contributed by atoms with Gasteiger partial charge in [-0.25, -0.2) is 4.98 Å². The Kier molecular flexibility index (Phi) is 6.54. The molecule has 0 bridgehead atoms. The van der Waals surface area contributed by atoms with Crippen LogP contribution in [0.1, 0.15) is 56.6 Å². The Labute approximate surface area is 206 Å². The van der Waals surface area contributed by atoms with E-state index in [-0.39, 0.29) is 12.1 Å². The van der Waals surface area contributed by atoms with Crippen molar-refractivity contribution in [2.45, 2.75) is 51.2 Å². The fraction of sp³-hybridized carbons (Fsp3) is 0.520. The molecule has 0 spiro atoms. The first-order valence-electron chi connectivity index (χ1n) is 11.9. The second-order valence-electron chi connectivity index (χ2n) is 9.48. The summed E-state index contributed by atoms with van der Waals surface area (Å²) in [4.78, 5) is 16.9. The van der Waals surface area contributed by atoms with Gasteiger partial charge in [-0.05, 0) is 64.4 Å². The third-order valence-corrected chi connectivity index (χ3v) is 8.00. The highest BCUT2D eigenvalue weighted by atomic mass is 35.5. The summed E-state index contributed by atoms with van der Waals surface area (Å²) in [6, 6.07) is 11.0. The zero-order valence-corrected chi connectivity index (χ0v) is 21.1. The maximum absolute atomic E-state index is 7.08. The lowest BCUT2D eigenvalue weighted by Crippen LogP contribution is -2.49. The molecule has 0 aliphatic carbocycles. The number of pyridine rings is 2. The Morgan fingerprint density at radius 3 is 2.36 bits per heavy atom. The van der Waals surface area contributed by atoms with Gasteiger partial charge in [0.2, 0.25) is 0 Å². The number of piperazine rings is 1. The molecule has 2 atom stereocenters. The highest BCUT2D eigenvalue weighted by Crippen LogP contribution is 2.43. The maximum atomic E-state index is 7.08. The number of fused-ring (bicyclic) bond motifs is 1. The van der Waals surface area contributed by atoms with E-state index in [1.54, 1.807) is 0 Å². The second-order valence-corrected chi connectivity index (χ2v) is 10.2. The SMILES string of the molecule is CC(C)N1CCN(c2cccc3nc(C4CCC[C@@H](c5ncccc5Cl)N4C)c(Cl)n23)CC1. The molecule has 2 aliphatic heterocycles. The van der Waals surface area contributed by atoms with E-state index in [0.29, 0.717) is 6.04 Å². The summed E-state index contributed by atoms with van der Waals surface area (Å²) in [5, 5.41) is 1.44. The average Bonchev–Trinajstić information content (AvgIpc) is 3.16. The molecule has 0 saturated carbocycles.